The molecule has 98 valence electrons. The highest BCUT2D eigenvalue weighted by Crippen LogP contribution is 2.31. The zero-order chi connectivity index (χ0) is 14.0. The van der Waals surface area contributed by atoms with Crippen molar-refractivity contribution in [3.63, 3.8) is 0 Å². The number of carbonyl (C=O) groups is 1. The van der Waals surface area contributed by atoms with E-state index in [-0.39, 0.29) is 5.56 Å². The van der Waals surface area contributed by atoms with Gasteiger partial charge in [-0.25, -0.2) is 9.78 Å². The van der Waals surface area contributed by atoms with E-state index >= 15 is 0 Å². The summed E-state index contributed by atoms with van der Waals surface area (Å²) in [5.74, 6) is -0.693. The Morgan fingerprint density at radius 2 is 2.32 bits per heavy atom. The smallest absolute Gasteiger partial charge is 0.342 e. The Morgan fingerprint density at radius 1 is 1.58 bits per heavy atom. The van der Waals surface area contributed by atoms with Gasteiger partial charge in [0.15, 0.2) is 0 Å². The first-order chi connectivity index (χ1) is 8.99. The molecule has 0 spiro atoms. The lowest BCUT2D eigenvalue weighted by molar-refractivity contribution is -0.385. The lowest BCUT2D eigenvalue weighted by Gasteiger charge is -2.02. The zero-order valence-electron chi connectivity index (χ0n) is 9.69. The molecule has 7 nitrogen and oxygen atoms in total. The van der Waals surface area contributed by atoms with Gasteiger partial charge in [0, 0.05) is 0 Å². The van der Waals surface area contributed by atoms with Crippen molar-refractivity contribution in [2.24, 2.45) is 0 Å². The van der Waals surface area contributed by atoms with Crippen LogP contribution in [0.15, 0.2) is 38.9 Å². The van der Waals surface area contributed by atoms with Gasteiger partial charge in [0.05, 0.1) is 16.1 Å². The number of rotatable bonds is 4. The molecule has 0 aliphatic carbocycles. The Morgan fingerprint density at radius 3 is 2.84 bits per heavy atom. The summed E-state index contributed by atoms with van der Waals surface area (Å²) in [6, 6.07) is 2.89. The molecule has 0 saturated carbocycles. The third kappa shape index (κ3) is 2.74. The summed E-state index contributed by atoms with van der Waals surface area (Å²) in [6.07, 6.45) is 2.45. The zero-order valence-corrected chi connectivity index (χ0v) is 10.5. The molecule has 2 aromatic rings. The molecule has 0 bridgehead atoms. The number of aryl methyl sites for hydroxylation is 1. The number of hydrogen-bond donors (Lipinski definition) is 1. The van der Waals surface area contributed by atoms with Crippen LogP contribution in [0.25, 0.3) is 0 Å². The largest absolute Gasteiger partial charge is 0.477 e. The molecule has 19 heavy (non-hydrogen) atoms. The minimum atomic E-state index is -1.36. The lowest BCUT2D eigenvalue weighted by Crippen LogP contribution is -2.03. The molecule has 0 saturated heterocycles. The monoisotopic (exact) mass is 280 g/mol. The van der Waals surface area contributed by atoms with E-state index in [4.69, 9.17) is 9.52 Å². The summed E-state index contributed by atoms with van der Waals surface area (Å²) in [7, 11) is 0. The summed E-state index contributed by atoms with van der Waals surface area (Å²) in [5.41, 5.74) is -0.913. The van der Waals surface area contributed by atoms with Crippen LogP contribution < -0.4 is 0 Å². The Bertz CT molecular complexity index is 652. The minimum Gasteiger partial charge on any atom is -0.477 e. The molecule has 0 atom stereocenters. The summed E-state index contributed by atoms with van der Waals surface area (Å²) < 4.78 is 5.10. The highest BCUT2D eigenvalue weighted by atomic mass is 32.2. The summed E-state index contributed by atoms with van der Waals surface area (Å²) in [4.78, 5) is 25.6. The minimum absolute atomic E-state index is 0.354. The van der Waals surface area contributed by atoms with Gasteiger partial charge in [0.1, 0.15) is 22.5 Å². The van der Waals surface area contributed by atoms with Gasteiger partial charge in [-0.05, 0) is 19.1 Å². The Balaban J connectivity index is 2.39. The van der Waals surface area contributed by atoms with E-state index in [1.807, 2.05) is 0 Å². The van der Waals surface area contributed by atoms with Crippen molar-refractivity contribution in [1.82, 2.24) is 4.98 Å². The normalized spacial score (nSPS) is 10.4. The molecule has 0 aromatic carbocycles. The van der Waals surface area contributed by atoms with E-state index in [1.54, 1.807) is 13.0 Å². The van der Waals surface area contributed by atoms with E-state index in [0.717, 1.165) is 11.1 Å². The first-order valence-corrected chi connectivity index (χ1v) is 5.90. The number of furan rings is 1. The summed E-state index contributed by atoms with van der Waals surface area (Å²) in [5, 5.41) is 20.0. The van der Waals surface area contributed by atoms with Crippen LogP contribution in [-0.4, -0.2) is 21.0 Å². The molecular formula is C11H8N2O5S. The molecule has 0 aliphatic heterocycles. The number of aromatic carboxylic acids is 1. The van der Waals surface area contributed by atoms with E-state index < -0.39 is 16.6 Å². The van der Waals surface area contributed by atoms with Crippen molar-refractivity contribution in [3.8, 4) is 0 Å². The third-order valence-electron chi connectivity index (χ3n) is 2.31. The molecule has 1 N–H and O–H groups in total. The van der Waals surface area contributed by atoms with Crippen LogP contribution in [0.1, 0.15) is 16.1 Å². The van der Waals surface area contributed by atoms with Gasteiger partial charge in [-0.1, -0.05) is 11.8 Å². The fourth-order valence-corrected chi connectivity index (χ4v) is 2.22. The van der Waals surface area contributed by atoms with Crippen LogP contribution in [0.4, 0.5) is 5.69 Å². The van der Waals surface area contributed by atoms with E-state index in [1.165, 1.54) is 24.1 Å². The van der Waals surface area contributed by atoms with Gasteiger partial charge in [-0.15, -0.1) is 0 Å². The predicted octanol–water partition coefficient (Wildman–Crippen LogP) is 2.74. The van der Waals surface area contributed by atoms with Gasteiger partial charge < -0.3 is 9.52 Å². The number of nitrogens with zero attached hydrogens (tertiary/aromatic N) is 2. The summed E-state index contributed by atoms with van der Waals surface area (Å²) >= 11 is 1.18. The van der Waals surface area contributed by atoms with Crippen LogP contribution in [0.3, 0.4) is 0 Å². The molecule has 0 aliphatic rings. The van der Waals surface area contributed by atoms with Crippen LogP contribution in [-0.2, 0) is 0 Å². The number of hydrogen-bond acceptors (Lipinski definition) is 6. The van der Waals surface area contributed by atoms with Crippen LogP contribution in [0, 0.1) is 17.0 Å². The quantitative estimate of drug-likeness (QED) is 0.677. The molecule has 0 radical (unpaired) electrons. The van der Waals surface area contributed by atoms with Gasteiger partial charge in [0.2, 0.25) is 0 Å². The SMILES string of the molecule is Cc1occc1Sc1cc(C(=O)O)c([N+](=O)[O-])cn1. The fourth-order valence-electron chi connectivity index (χ4n) is 1.39. The van der Waals surface area contributed by atoms with Crippen molar-refractivity contribution in [2.45, 2.75) is 16.8 Å². The topological polar surface area (TPSA) is 106 Å². The number of pyridine rings is 1. The van der Waals surface area contributed by atoms with Crippen LogP contribution in [0.2, 0.25) is 0 Å². The lowest BCUT2D eigenvalue weighted by atomic mass is 10.2. The van der Waals surface area contributed by atoms with Crippen LogP contribution in [0.5, 0.6) is 0 Å². The van der Waals surface area contributed by atoms with E-state index in [0.29, 0.717) is 10.8 Å². The number of aromatic nitrogens is 1. The molecular weight excluding hydrogens is 272 g/mol. The highest BCUT2D eigenvalue weighted by Gasteiger charge is 2.21. The predicted molar refractivity (Wildman–Crippen MR) is 65.4 cm³/mol. The maximum atomic E-state index is 11.0. The molecule has 0 unspecified atom stereocenters. The molecule has 0 amide bonds. The number of nitro groups is 1. The first-order valence-electron chi connectivity index (χ1n) is 5.08. The van der Waals surface area contributed by atoms with Crippen molar-refractivity contribution in [3.05, 3.63) is 46.0 Å². The van der Waals surface area contributed by atoms with E-state index in [9.17, 15) is 14.9 Å². The average Bonchev–Trinajstić information content (AvgIpc) is 2.74. The second kappa shape index (κ2) is 5.11. The molecule has 0 fully saturated rings. The maximum Gasteiger partial charge on any atom is 0.342 e. The summed E-state index contributed by atoms with van der Waals surface area (Å²) in [6.45, 7) is 1.76. The molecule has 2 aromatic heterocycles. The Kier molecular flexibility index (Phi) is 3.52. The average molecular weight is 280 g/mol. The number of carboxylic acid groups (broad SMARTS) is 1. The molecule has 8 heteroatoms. The van der Waals surface area contributed by atoms with Crippen molar-refractivity contribution >= 4 is 23.4 Å². The third-order valence-corrected chi connectivity index (χ3v) is 3.39. The second-order valence-electron chi connectivity index (χ2n) is 3.55. The van der Waals surface area contributed by atoms with E-state index in [2.05, 4.69) is 4.98 Å². The fraction of sp³-hybridized carbons (Fsp3) is 0.0909. The standard InChI is InChI=1S/C11H8N2O5S/c1-6-9(2-3-18-6)19-10-4-7(11(14)15)8(5-12-10)13(16)17/h2-5H,1H3,(H,14,15). The van der Waals surface area contributed by atoms with Gasteiger partial charge >= 0.3 is 11.7 Å². The van der Waals surface area contributed by atoms with Crippen molar-refractivity contribution in [2.75, 3.05) is 0 Å². The van der Waals surface area contributed by atoms with Crippen molar-refractivity contribution < 1.29 is 19.2 Å². The van der Waals surface area contributed by atoms with Gasteiger partial charge in [0.25, 0.3) is 0 Å². The van der Waals surface area contributed by atoms with Crippen molar-refractivity contribution in [1.29, 1.82) is 0 Å². The Hall–Kier alpha value is -2.35. The maximum absolute atomic E-state index is 11.0. The second-order valence-corrected chi connectivity index (χ2v) is 4.61. The van der Waals surface area contributed by atoms with Crippen LogP contribution >= 0.6 is 11.8 Å². The van der Waals surface area contributed by atoms with Gasteiger partial charge in [-0.2, -0.15) is 0 Å². The van der Waals surface area contributed by atoms with Gasteiger partial charge in [-0.3, -0.25) is 10.1 Å². The number of carboxylic acids is 1. The first kappa shape index (κ1) is 13.1. The molecule has 2 heterocycles. The Labute approximate surface area is 111 Å². The highest BCUT2D eigenvalue weighted by molar-refractivity contribution is 7.99. The molecule has 2 rings (SSSR count).